The largest absolute Gasteiger partial charge is 0.465 e. The summed E-state index contributed by atoms with van der Waals surface area (Å²) in [5.41, 5.74) is 2.24. The Bertz CT molecular complexity index is 755. The fourth-order valence-corrected chi connectivity index (χ4v) is 2.59. The van der Waals surface area contributed by atoms with Gasteiger partial charge in [0.15, 0.2) is 0 Å². The Hall–Kier alpha value is -2.90. The molecule has 0 spiro atoms. The summed E-state index contributed by atoms with van der Waals surface area (Å²) in [6.07, 6.45) is 1.91. The number of H-pyrrole nitrogens is 1. The summed E-state index contributed by atoms with van der Waals surface area (Å²) in [5.74, 6) is 0.137. The van der Waals surface area contributed by atoms with Crippen molar-refractivity contribution in [3.8, 4) is 0 Å². The second-order valence-electron chi connectivity index (χ2n) is 6.82. The van der Waals surface area contributed by atoms with Crippen molar-refractivity contribution >= 4 is 17.8 Å². The highest BCUT2D eigenvalue weighted by Gasteiger charge is 2.29. The molecule has 2 rings (SSSR count). The molecule has 0 radical (unpaired) electrons. The Labute approximate surface area is 146 Å². The molecule has 2 amide bonds. The van der Waals surface area contributed by atoms with Crippen LogP contribution in [0.4, 0.5) is 10.6 Å². The molecule has 0 aliphatic rings. The van der Waals surface area contributed by atoms with E-state index >= 15 is 0 Å². The highest BCUT2D eigenvalue weighted by molar-refractivity contribution is 5.93. The summed E-state index contributed by atoms with van der Waals surface area (Å²) >= 11 is 0. The lowest BCUT2D eigenvalue weighted by atomic mass is 10.0. The third-order valence-electron chi connectivity index (χ3n) is 3.82. The molecule has 25 heavy (non-hydrogen) atoms. The molecule has 2 aromatic rings. The summed E-state index contributed by atoms with van der Waals surface area (Å²) in [5, 5.41) is 18.7. The predicted molar refractivity (Wildman–Crippen MR) is 93.7 cm³/mol. The number of aromatic amines is 1. The van der Waals surface area contributed by atoms with Gasteiger partial charge in [0.05, 0.1) is 11.8 Å². The molecule has 8 heteroatoms. The first-order chi connectivity index (χ1) is 11.6. The first kappa shape index (κ1) is 18.4. The van der Waals surface area contributed by atoms with E-state index in [0.717, 1.165) is 11.1 Å². The molecule has 2 aromatic heterocycles. The highest BCUT2D eigenvalue weighted by atomic mass is 16.4. The third kappa shape index (κ3) is 4.14. The zero-order chi connectivity index (χ0) is 18.8. The smallest absolute Gasteiger partial charge is 0.413 e. The fourth-order valence-electron chi connectivity index (χ4n) is 2.59. The van der Waals surface area contributed by atoms with Crippen LogP contribution in [0.5, 0.6) is 0 Å². The van der Waals surface area contributed by atoms with Crippen LogP contribution in [0.1, 0.15) is 48.0 Å². The number of anilines is 1. The minimum atomic E-state index is -1.06. The number of nitrogens with zero attached hydrogens (tertiary/aromatic N) is 3. The summed E-state index contributed by atoms with van der Waals surface area (Å²) in [4.78, 5) is 29.3. The SMILES string of the molecule is Cc1cc(N(C(=O)O)C(C)(C)C)nc(C)c1CNC(=O)c1cn[nH]c1. The second-order valence-corrected chi connectivity index (χ2v) is 6.82. The van der Waals surface area contributed by atoms with Crippen LogP contribution >= 0.6 is 0 Å². The van der Waals surface area contributed by atoms with E-state index in [2.05, 4.69) is 20.5 Å². The van der Waals surface area contributed by atoms with Crippen molar-refractivity contribution in [2.75, 3.05) is 4.90 Å². The molecule has 0 bridgehead atoms. The van der Waals surface area contributed by atoms with Gasteiger partial charge in [-0.05, 0) is 51.8 Å². The van der Waals surface area contributed by atoms with Gasteiger partial charge in [0.1, 0.15) is 5.82 Å². The van der Waals surface area contributed by atoms with E-state index in [1.165, 1.54) is 17.3 Å². The Balaban J connectivity index is 2.25. The first-order valence-electron chi connectivity index (χ1n) is 7.88. The van der Waals surface area contributed by atoms with Crippen LogP contribution < -0.4 is 10.2 Å². The average molecular weight is 345 g/mol. The number of aromatic nitrogens is 3. The van der Waals surface area contributed by atoms with Crippen LogP contribution in [-0.2, 0) is 6.54 Å². The molecule has 0 aliphatic heterocycles. The molecule has 0 saturated heterocycles. The van der Waals surface area contributed by atoms with Gasteiger partial charge < -0.3 is 10.4 Å². The number of pyridine rings is 1. The first-order valence-corrected chi connectivity index (χ1v) is 7.88. The van der Waals surface area contributed by atoms with E-state index in [0.29, 0.717) is 23.6 Å². The van der Waals surface area contributed by atoms with Crippen molar-refractivity contribution in [2.24, 2.45) is 0 Å². The summed E-state index contributed by atoms with van der Waals surface area (Å²) in [6, 6.07) is 1.73. The molecule has 134 valence electrons. The molecule has 0 atom stereocenters. The van der Waals surface area contributed by atoms with Gasteiger partial charge in [0, 0.05) is 24.0 Å². The Morgan fingerprint density at radius 2 is 2.00 bits per heavy atom. The van der Waals surface area contributed by atoms with E-state index in [-0.39, 0.29) is 5.91 Å². The number of carbonyl (C=O) groups is 2. The maximum Gasteiger partial charge on any atom is 0.413 e. The molecule has 3 N–H and O–H groups in total. The summed E-state index contributed by atoms with van der Waals surface area (Å²) < 4.78 is 0. The van der Waals surface area contributed by atoms with Crippen molar-refractivity contribution in [1.82, 2.24) is 20.5 Å². The van der Waals surface area contributed by atoms with E-state index in [1.807, 2.05) is 27.7 Å². The lowest BCUT2D eigenvalue weighted by Gasteiger charge is -2.32. The number of amides is 2. The minimum Gasteiger partial charge on any atom is -0.465 e. The summed E-state index contributed by atoms with van der Waals surface area (Å²) in [6.45, 7) is 9.42. The van der Waals surface area contributed by atoms with Crippen LogP contribution in [0.15, 0.2) is 18.5 Å². The van der Waals surface area contributed by atoms with E-state index in [4.69, 9.17) is 0 Å². The molecular formula is C17H23N5O3. The summed E-state index contributed by atoms with van der Waals surface area (Å²) in [7, 11) is 0. The number of rotatable bonds is 4. The highest BCUT2D eigenvalue weighted by Crippen LogP contribution is 2.25. The fraction of sp³-hybridized carbons (Fsp3) is 0.412. The van der Waals surface area contributed by atoms with E-state index in [9.17, 15) is 14.7 Å². The maximum absolute atomic E-state index is 12.0. The topological polar surface area (TPSA) is 111 Å². The Kier molecular flexibility index (Phi) is 5.10. The van der Waals surface area contributed by atoms with Crippen molar-refractivity contribution in [3.05, 3.63) is 40.8 Å². The van der Waals surface area contributed by atoms with Crippen molar-refractivity contribution < 1.29 is 14.7 Å². The van der Waals surface area contributed by atoms with Gasteiger partial charge in [-0.15, -0.1) is 0 Å². The van der Waals surface area contributed by atoms with Crippen molar-refractivity contribution in [1.29, 1.82) is 0 Å². The lowest BCUT2D eigenvalue weighted by molar-refractivity contribution is 0.0951. The molecule has 0 aliphatic carbocycles. The number of carboxylic acid groups (broad SMARTS) is 1. The number of aryl methyl sites for hydroxylation is 2. The molecule has 0 aromatic carbocycles. The van der Waals surface area contributed by atoms with E-state index < -0.39 is 11.6 Å². The van der Waals surface area contributed by atoms with Crippen LogP contribution in [0.3, 0.4) is 0 Å². The molecule has 8 nitrogen and oxygen atoms in total. The maximum atomic E-state index is 12.0. The Morgan fingerprint density at radius 1 is 1.32 bits per heavy atom. The molecular weight excluding hydrogens is 322 g/mol. The van der Waals surface area contributed by atoms with Crippen molar-refractivity contribution in [2.45, 2.75) is 46.7 Å². The van der Waals surface area contributed by atoms with Crippen molar-refractivity contribution in [3.63, 3.8) is 0 Å². The van der Waals surface area contributed by atoms with Gasteiger partial charge in [0.25, 0.3) is 5.91 Å². The van der Waals surface area contributed by atoms with Gasteiger partial charge >= 0.3 is 6.09 Å². The van der Waals surface area contributed by atoms with Gasteiger partial charge in [-0.3, -0.25) is 14.8 Å². The number of carbonyl (C=O) groups excluding carboxylic acids is 1. The second kappa shape index (κ2) is 6.92. The number of nitrogens with one attached hydrogen (secondary N) is 2. The van der Waals surface area contributed by atoms with Crippen LogP contribution in [-0.4, -0.2) is 37.8 Å². The van der Waals surface area contributed by atoms with Gasteiger partial charge in [0.2, 0.25) is 0 Å². The number of hydrogen-bond donors (Lipinski definition) is 3. The normalized spacial score (nSPS) is 11.2. The number of hydrogen-bond acceptors (Lipinski definition) is 4. The van der Waals surface area contributed by atoms with Gasteiger partial charge in [-0.1, -0.05) is 0 Å². The van der Waals surface area contributed by atoms with Crippen LogP contribution in [0.25, 0.3) is 0 Å². The molecule has 0 saturated carbocycles. The van der Waals surface area contributed by atoms with Gasteiger partial charge in [-0.25, -0.2) is 9.78 Å². The monoisotopic (exact) mass is 345 g/mol. The standard InChI is InChI=1S/C17H23N5O3/c1-10-6-14(22(16(24)25)17(3,4)5)21-11(2)13(10)9-18-15(23)12-7-19-20-8-12/h6-8H,9H2,1-5H3,(H,18,23)(H,19,20)(H,24,25). The Morgan fingerprint density at radius 3 is 2.48 bits per heavy atom. The molecule has 2 heterocycles. The zero-order valence-corrected chi connectivity index (χ0v) is 15.0. The van der Waals surface area contributed by atoms with Crippen LogP contribution in [0.2, 0.25) is 0 Å². The average Bonchev–Trinajstić information content (AvgIpc) is 2.98. The predicted octanol–water partition coefficient (Wildman–Crippen LogP) is 2.63. The van der Waals surface area contributed by atoms with Gasteiger partial charge in [-0.2, -0.15) is 5.10 Å². The van der Waals surface area contributed by atoms with E-state index in [1.54, 1.807) is 13.0 Å². The minimum absolute atomic E-state index is 0.238. The third-order valence-corrected chi connectivity index (χ3v) is 3.82. The molecule has 0 fully saturated rings. The quantitative estimate of drug-likeness (QED) is 0.789. The lowest BCUT2D eigenvalue weighted by Crippen LogP contribution is -2.45. The van der Waals surface area contributed by atoms with Crippen LogP contribution in [0, 0.1) is 13.8 Å². The zero-order valence-electron chi connectivity index (χ0n) is 15.0. The molecule has 0 unspecified atom stereocenters.